The molecule has 0 amide bonds. The van der Waals surface area contributed by atoms with Gasteiger partial charge >= 0.3 is 0 Å². The Morgan fingerprint density at radius 3 is 2.52 bits per heavy atom. The summed E-state index contributed by atoms with van der Waals surface area (Å²) in [7, 11) is 3.55. The molecule has 27 heavy (non-hydrogen) atoms. The number of benzene rings is 1. The molecule has 3 rings (SSSR count). The number of hydrogen-bond acceptors (Lipinski definition) is 4. The lowest BCUT2D eigenvalue weighted by molar-refractivity contribution is 0.371. The van der Waals surface area contributed by atoms with Crippen LogP contribution in [0.3, 0.4) is 0 Å². The van der Waals surface area contributed by atoms with Gasteiger partial charge in [0, 0.05) is 64.4 Å². The average molecular weight is 484 g/mol. The highest BCUT2D eigenvalue weighted by Gasteiger charge is 2.19. The molecule has 1 aliphatic rings. The maximum absolute atomic E-state index is 5.23. The first-order valence-electron chi connectivity index (χ1n) is 9.12. The molecule has 2 aromatic rings. The lowest BCUT2D eigenvalue weighted by Crippen LogP contribution is -2.52. The molecule has 1 saturated heterocycles. The van der Waals surface area contributed by atoms with Crippen molar-refractivity contribution >= 4 is 35.6 Å². The zero-order valence-corrected chi connectivity index (χ0v) is 18.4. The Bertz CT molecular complexity index is 681. The minimum Gasteiger partial charge on any atom is -0.497 e. The molecule has 0 aliphatic carbocycles. The van der Waals surface area contributed by atoms with Crippen molar-refractivity contribution in [3.8, 4) is 5.75 Å². The second kappa shape index (κ2) is 11.0. The van der Waals surface area contributed by atoms with Gasteiger partial charge in [-0.3, -0.25) is 9.67 Å². The lowest BCUT2D eigenvalue weighted by atomic mass is 10.2. The van der Waals surface area contributed by atoms with Crippen molar-refractivity contribution in [3.05, 3.63) is 42.7 Å². The molecule has 0 spiro atoms. The van der Waals surface area contributed by atoms with Crippen molar-refractivity contribution < 1.29 is 4.74 Å². The molecule has 1 aromatic heterocycles. The first-order valence-corrected chi connectivity index (χ1v) is 9.12. The number of aryl methyl sites for hydroxylation is 1. The van der Waals surface area contributed by atoms with E-state index in [0.717, 1.165) is 57.4 Å². The summed E-state index contributed by atoms with van der Waals surface area (Å²) in [5.41, 5.74) is 1.24. The molecule has 1 N–H and O–H groups in total. The van der Waals surface area contributed by atoms with E-state index in [9.17, 15) is 0 Å². The van der Waals surface area contributed by atoms with Crippen molar-refractivity contribution in [3.63, 3.8) is 0 Å². The van der Waals surface area contributed by atoms with Crippen LogP contribution in [0.15, 0.2) is 47.7 Å². The number of halogens is 1. The van der Waals surface area contributed by atoms with Gasteiger partial charge in [0.15, 0.2) is 5.96 Å². The number of guanidine groups is 1. The third-order valence-corrected chi connectivity index (χ3v) is 4.63. The fourth-order valence-corrected chi connectivity index (χ4v) is 3.18. The number of aliphatic imine (C=N–C) groups is 1. The van der Waals surface area contributed by atoms with Gasteiger partial charge in [0.1, 0.15) is 5.75 Å². The molecule has 1 fully saturated rings. The molecule has 2 heterocycles. The van der Waals surface area contributed by atoms with Crippen molar-refractivity contribution in [2.24, 2.45) is 4.99 Å². The second-order valence-electron chi connectivity index (χ2n) is 6.27. The summed E-state index contributed by atoms with van der Waals surface area (Å²) in [6.45, 7) is 5.71. The number of hydrogen-bond donors (Lipinski definition) is 1. The SMILES string of the molecule is CN=C(NCCCn1cccn1)N1CCN(c2ccc(OC)cc2)CC1.I. The summed E-state index contributed by atoms with van der Waals surface area (Å²) in [5, 5.41) is 7.70. The number of anilines is 1. The molecule has 1 aromatic carbocycles. The molecule has 0 atom stereocenters. The summed E-state index contributed by atoms with van der Waals surface area (Å²) < 4.78 is 7.19. The summed E-state index contributed by atoms with van der Waals surface area (Å²) in [4.78, 5) is 9.17. The zero-order chi connectivity index (χ0) is 18.2. The monoisotopic (exact) mass is 484 g/mol. The van der Waals surface area contributed by atoms with Crippen LogP contribution in [0.2, 0.25) is 0 Å². The van der Waals surface area contributed by atoms with Crippen molar-refractivity contribution in [1.29, 1.82) is 0 Å². The van der Waals surface area contributed by atoms with Gasteiger partial charge < -0.3 is 19.9 Å². The van der Waals surface area contributed by atoms with Gasteiger partial charge in [0.25, 0.3) is 0 Å². The third-order valence-electron chi connectivity index (χ3n) is 4.63. The van der Waals surface area contributed by atoms with Crippen molar-refractivity contribution in [2.75, 3.05) is 51.8 Å². The van der Waals surface area contributed by atoms with Crippen molar-refractivity contribution in [2.45, 2.75) is 13.0 Å². The highest BCUT2D eigenvalue weighted by atomic mass is 127. The average Bonchev–Trinajstić information content (AvgIpc) is 3.22. The molecule has 7 nitrogen and oxygen atoms in total. The van der Waals surface area contributed by atoms with Gasteiger partial charge in [-0.05, 0) is 36.8 Å². The Morgan fingerprint density at radius 1 is 1.19 bits per heavy atom. The highest BCUT2D eigenvalue weighted by molar-refractivity contribution is 14.0. The molecule has 1 aliphatic heterocycles. The Morgan fingerprint density at radius 2 is 1.93 bits per heavy atom. The lowest BCUT2D eigenvalue weighted by Gasteiger charge is -2.37. The van der Waals surface area contributed by atoms with Crippen LogP contribution >= 0.6 is 24.0 Å². The van der Waals surface area contributed by atoms with E-state index in [0.29, 0.717) is 0 Å². The van der Waals surface area contributed by atoms with Gasteiger partial charge in [0.2, 0.25) is 0 Å². The Labute approximate surface area is 178 Å². The van der Waals surface area contributed by atoms with E-state index in [1.54, 1.807) is 7.11 Å². The Hall–Kier alpha value is -1.97. The zero-order valence-electron chi connectivity index (χ0n) is 16.0. The molecule has 0 unspecified atom stereocenters. The van der Waals surface area contributed by atoms with Crippen LogP contribution in [0.25, 0.3) is 0 Å². The predicted molar refractivity (Wildman–Crippen MR) is 120 cm³/mol. The van der Waals surface area contributed by atoms with E-state index >= 15 is 0 Å². The molecular formula is C19H29IN6O. The quantitative estimate of drug-likeness (QED) is 0.295. The van der Waals surface area contributed by atoms with Gasteiger partial charge in [-0.1, -0.05) is 0 Å². The molecule has 8 heteroatoms. The van der Waals surface area contributed by atoms with E-state index in [4.69, 9.17) is 4.74 Å². The summed E-state index contributed by atoms with van der Waals surface area (Å²) in [5.74, 6) is 1.88. The fourth-order valence-electron chi connectivity index (χ4n) is 3.18. The summed E-state index contributed by atoms with van der Waals surface area (Å²) in [6, 6.07) is 10.2. The van der Waals surface area contributed by atoms with Crippen LogP contribution in [0, 0.1) is 0 Å². The molecule has 148 valence electrons. The van der Waals surface area contributed by atoms with Crippen LogP contribution in [-0.2, 0) is 6.54 Å². The first kappa shape index (κ1) is 21.3. The third kappa shape index (κ3) is 6.02. The van der Waals surface area contributed by atoms with Gasteiger partial charge in [0.05, 0.1) is 7.11 Å². The topological polar surface area (TPSA) is 57.9 Å². The molecule has 0 radical (unpaired) electrons. The molecular weight excluding hydrogens is 455 g/mol. The van der Waals surface area contributed by atoms with Gasteiger partial charge in [-0.15, -0.1) is 24.0 Å². The van der Waals surface area contributed by atoms with E-state index < -0.39 is 0 Å². The summed E-state index contributed by atoms with van der Waals surface area (Å²) >= 11 is 0. The van der Waals surface area contributed by atoms with Crippen LogP contribution < -0.4 is 15.0 Å². The number of rotatable bonds is 6. The first-order chi connectivity index (χ1) is 12.8. The number of nitrogens with zero attached hydrogens (tertiary/aromatic N) is 5. The van der Waals surface area contributed by atoms with Crippen LogP contribution in [0.1, 0.15) is 6.42 Å². The number of aromatic nitrogens is 2. The van der Waals surface area contributed by atoms with Crippen LogP contribution in [0.5, 0.6) is 5.75 Å². The second-order valence-corrected chi connectivity index (χ2v) is 6.27. The van der Waals surface area contributed by atoms with E-state index in [1.807, 2.05) is 42.3 Å². The van der Waals surface area contributed by atoms with Crippen LogP contribution in [-0.4, -0.2) is 67.5 Å². The minimum atomic E-state index is 0. The van der Waals surface area contributed by atoms with E-state index in [2.05, 4.69) is 37.3 Å². The maximum Gasteiger partial charge on any atom is 0.193 e. The maximum atomic E-state index is 5.23. The number of nitrogens with one attached hydrogen (secondary N) is 1. The Balaban J connectivity index is 0.00000261. The standard InChI is InChI=1S/C19H28N6O.HI/c1-20-19(21-9-3-11-25-12-4-10-22-25)24-15-13-23(14-16-24)17-5-7-18(26-2)8-6-17;/h4-8,10,12H,3,9,11,13-16H2,1-2H3,(H,20,21);1H. The molecule has 0 saturated carbocycles. The number of methoxy groups -OCH3 is 1. The van der Waals surface area contributed by atoms with E-state index in [1.165, 1.54) is 5.69 Å². The van der Waals surface area contributed by atoms with Gasteiger partial charge in [-0.25, -0.2) is 0 Å². The number of ether oxygens (including phenoxy) is 1. The highest BCUT2D eigenvalue weighted by Crippen LogP contribution is 2.20. The largest absolute Gasteiger partial charge is 0.497 e. The normalized spacial score (nSPS) is 14.7. The van der Waals surface area contributed by atoms with E-state index in [-0.39, 0.29) is 24.0 Å². The minimum absolute atomic E-state index is 0. The summed E-state index contributed by atoms with van der Waals surface area (Å²) in [6.07, 6.45) is 4.83. The predicted octanol–water partition coefficient (Wildman–Crippen LogP) is 2.30. The van der Waals surface area contributed by atoms with Crippen molar-refractivity contribution in [1.82, 2.24) is 20.0 Å². The molecule has 0 bridgehead atoms. The number of piperazine rings is 1. The smallest absolute Gasteiger partial charge is 0.193 e. The Kier molecular flexibility index (Phi) is 8.70. The van der Waals surface area contributed by atoms with Gasteiger partial charge in [-0.2, -0.15) is 5.10 Å². The van der Waals surface area contributed by atoms with Crippen LogP contribution in [0.4, 0.5) is 5.69 Å². The fraction of sp³-hybridized carbons (Fsp3) is 0.474.